The smallest absolute Gasteiger partial charge is 0.408 e. The average Bonchev–Trinajstić information content (AvgIpc) is 2.81. The SMILES string of the molecule is Cn1c(=O)oc2cc(NC(=O)CC(O)c3cccc(F)c3)ccc21. The molecule has 0 saturated heterocycles. The molecule has 3 aromatic rings. The van der Waals surface area contributed by atoms with Crippen LogP contribution in [0.2, 0.25) is 0 Å². The molecule has 0 aliphatic carbocycles. The van der Waals surface area contributed by atoms with Crippen LogP contribution in [0, 0.1) is 5.82 Å². The minimum absolute atomic E-state index is 0.222. The summed E-state index contributed by atoms with van der Waals surface area (Å²) >= 11 is 0. The van der Waals surface area contributed by atoms with Crippen LogP contribution in [0.25, 0.3) is 11.1 Å². The first-order chi connectivity index (χ1) is 11.4. The van der Waals surface area contributed by atoms with Crippen LogP contribution in [-0.2, 0) is 11.8 Å². The zero-order valence-corrected chi connectivity index (χ0v) is 12.8. The fourth-order valence-corrected chi connectivity index (χ4v) is 2.43. The van der Waals surface area contributed by atoms with Gasteiger partial charge in [0.05, 0.1) is 18.0 Å². The number of aromatic nitrogens is 1. The Bertz CT molecular complexity index is 961. The van der Waals surface area contributed by atoms with Crippen molar-refractivity contribution in [2.24, 2.45) is 7.05 Å². The van der Waals surface area contributed by atoms with Gasteiger partial charge in [0.2, 0.25) is 5.91 Å². The van der Waals surface area contributed by atoms with E-state index in [0.717, 1.165) is 0 Å². The van der Waals surface area contributed by atoms with Crippen LogP contribution in [0.5, 0.6) is 0 Å². The van der Waals surface area contributed by atoms with Crippen molar-refractivity contribution < 1.29 is 18.7 Å². The van der Waals surface area contributed by atoms with Gasteiger partial charge in [0.15, 0.2) is 5.58 Å². The van der Waals surface area contributed by atoms with Crippen LogP contribution in [0.1, 0.15) is 18.1 Å². The topological polar surface area (TPSA) is 84.5 Å². The Hall–Kier alpha value is -2.93. The molecule has 2 aromatic carbocycles. The lowest BCUT2D eigenvalue weighted by molar-refractivity contribution is -0.118. The number of carbonyl (C=O) groups is 1. The lowest BCUT2D eigenvalue weighted by Gasteiger charge is -2.11. The minimum atomic E-state index is -1.11. The summed E-state index contributed by atoms with van der Waals surface area (Å²) in [4.78, 5) is 23.5. The molecule has 124 valence electrons. The molecule has 7 heteroatoms. The molecule has 1 amide bonds. The molecule has 6 nitrogen and oxygen atoms in total. The zero-order chi connectivity index (χ0) is 17.3. The van der Waals surface area contributed by atoms with Crippen molar-refractivity contribution in [3.05, 3.63) is 64.4 Å². The first-order valence-corrected chi connectivity index (χ1v) is 7.27. The predicted molar refractivity (Wildman–Crippen MR) is 86.1 cm³/mol. The van der Waals surface area contributed by atoms with Crippen LogP contribution < -0.4 is 11.1 Å². The van der Waals surface area contributed by atoms with Crippen molar-refractivity contribution in [1.29, 1.82) is 0 Å². The van der Waals surface area contributed by atoms with Gasteiger partial charge in [-0.3, -0.25) is 9.36 Å². The van der Waals surface area contributed by atoms with Crippen molar-refractivity contribution in [2.75, 3.05) is 5.32 Å². The zero-order valence-electron chi connectivity index (χ0n) is 12.8. The van der Waals surface area contributed by atoms with Crippen LogP contribution in [-0.4, -0.2) is 15.6 Å². The molecule has 2 N–H and O–H groups in total. The average molecular weight is 330 g/mol. The van der Waals surface area contributed by atoms with E-state index in [-0.39, 0.29) is 6.42 Å². The number of nitrogens with zero attached hydrogens (tertiary/aromatic N) is 1. The van der Waals surface area contributed by atoms with Gasteiger partial charge in [0.1, 0.15) is 5.82 Å². The number of oxazole rings is 1. The Kier molecular flexibility index (Phi) is 4.18. The maximum absolute atomic E-state index is 13.1. The number of fused-ring (bicyclic) bond motifs is 1. The number of halogens is 1. The van der Waals surface area contributed by atoms with E-state index >= 15 is 0 Å². The van der Waals surface area contributed by atoms with Gasteiger partial charge in [0, 0.05) is 18.8 Å². The van der Waals surface area contributed by atoms with Crippen LogP contribution in [0.3, 0.4) is 0 Å². The Morgan fingerprint density at radius 1 is 1.33 bits per heavy atom. The van der Waals surface area contributed by atoms with Gasteiger partial charge in [-0.25, -0.2) is 9.18 Å². The summed E-state index contributed by atoms with van der Waals surface area (Å²) < 4.78 is 19.6. The first kappa shape index (κ1) is 15.9. The molecule has 1 heterocycles. The molecular weight excluding hydrogens is 315 g/mol. The number of rotatable bonds is 4. The summed E-state index contributed by atoms with van der Waals surface area (Å²) in [6.07, 6.45) is -1.33. The highest BCUT2D eigenvalue weighted by Gasteiger charge is 2.14. The summed E-state index contributed by atoms with van der Waals surface area (Å²) in [5.41, 5.74) is 1.73. The molecule has 1 unspecified atom stereocenters. The van der Waals surface area contributed by atoms with Crippen LogP contribution >= 0.6 is 0 Å². The fraction of sp³-hybridized carbons (Fsp3) is 0.176. The van der Waals surface area contributed by atoms with Gasteiger partial charge in [-0.05, 0) is 29.8 Å². The molecule has 0 bridgehead atoms. The minimum Gasteiger partial charge on any atom is -0.408 e. The number of anilines is 1. The highest BCUT2D eigenvalue weighted by molar-refractivity contribution is 5.93. The summed E-state index contributed by atoms with van der Waals surface area (Å²) in [5.74, 6) is -1.41. The highest BCUT2D eigenvalue weighted by Crippen LogP contribution is 2.21. The number of hydrogen-bond donors (Lipinski definition) is 2. The lowest BCUT2D eigenvalue weighted by Crippen LogP contribution is -2.15. The Morgan fingerprint density at radius 2 is 2.12 bits per heavy atom. The Labute approximate surface area is 136 Å². The van der Waals surface area contributed by atoms with E-state index in [9.17, 15) is 19.1 Å². The van der Waals surface area contributed by atoms with Gasteiger partial charge >= 0.3 is 5.76 Å². The van der Waals surface area contributed by atoms with Crippen molar-refractivity contribution in [3.8, 4) is 0 Å². The van der Waals surface area contributed by atoms with Gasteiger partial charge in [-0.2, -0.15) is 0 Å². The molecule has 0 spiro atoms. The van der Waals surface area contributed by atoms with Crippen molar-refractivity contribution in [2.45, 2.75) is 12.5 Å². The second-order valence-corrected chi connectivity index (χ2v) is 5.43. The summed E-state index contributed by atoms with van der Waals surface area (Å²) in [6.45, 7) is 0. The molecule has 3 rings (SSSR count). The maximum Gasteiger partial charge on any atom is 0.419 e. The third-order valence-electron chi connectivity index (χ3n) is 3.69. The molecule has 0 radical (unpaired) electrons. The summed E-state index contributed by atoms with van der Waals surface area (Å²) in [5, 5.41) is 12.6. The Morgan fingerprint density at radius 3 is 2.88 bits per heavy atom. The van der Waals surface area contributed by atoms with Gasteiger partial charge < -0.3 is 14.8 Å². The highest BCUT2D eigenvalue weighted by atomic mass is 19.1. The van der Waals surface area contributed by atoms with E-state index in [2.05, 4.69) is 5.32 Å². The van der Waals surface area contributed by atoms with E-state index in [1.54, 1.807) is 25.2 Å². The van der Waals surface area contributed by atoms with Gasteiger partial charge in [0.25, 0.3) is 0 Å². The number of carbonyl (C=O) groups excluding carboxylic acids is 1. The first-order valence-electron chi connectivity index (χ1n) is 7.27. The molecular formula is C17H15FN2O4. The molecule has 1 atom stereocenters. The fourth-order valence-electron chi connectivity index (χ4n) is 2.43. The number of aliphatic hydroxyl groups is 1. The molecule has 0 aliphatic rings. The molecule has 0 fully saturated rings. The van der Waals surface area contributed by atoms with E-state index in [4.69, 9.17) is 4.42 Å². The standard InChI is InChI=1S/C17H15FN2O4/c1-20-13-6-5-12(8-15(13)24-17(20)23)19-16(22)9-14(21)10-3-2-4-11(18)7-10/h2-8,14,21H,9H2,1H3,(H,19,22). The maximum atomic E-state index is 13.1. The Balaban J connectivity index is 1.71. The van der Waals surface area contributed by atoms with Crippen molar-refractivity contribution >= 4 is 22.7 Å². The normalized spacial score (nSPS) is 12.3. The summed E-state index contributed by atoms with van der Waals surface area (Å²) in [7, 11) is 1.59. The molecule has 0 saturated carbocycles. The number of nitrogens with one attached hydrogen (secondary N) is 1. The number of hydrogen-bond acceptors (Lipinski definition) is 4. The predicted octanol–water partition coefficient (Wildman–Crippen LogP) is 2.33. The number of aryl methyl sites for hydroxylation is 1. The second-order valence-electron chi connectivity index (χ2n) is 5.43. The lowest BCUT2D eigenvalue weighted by atomic mass is 10.1. The molecule has 24 heavy (non-hydrogen) atoms. The van der Waals surface area contributed by atoms with E-state index < -0.39 is 23.6 Å². The molecule has 0 aliphatic heterocycles. The quantitative estimate of drug-likeness (QED) is 0.769. The largest absolute Gasteiger partial charge is 0.419 e. The van der Waals surface area contributed by atoms with Crippen LogP contribution in [0.15, 0.2) is 51.7 Å². The van der Waals surface area contributed by atoms with Gasteiger partial charge in [-0.15, -0.1) is 0 Å². The third-order valence-corrected chi connectivity index (χ3v) is 3.69. The van der Waals surface area contributed by atoms with E-state index in [1.807, 2.05) is 0 Å². The monoisotopic (exact) mass is 330 g/mol. The number of aliphatic hydroxyl groups excluding tert-OH is 1. The summed E-state index contributed by atoms with van der Waals surface area (Å²) in [6, 6.07) is 10.3. The third kappa shape index (κ3) is 3.21. The van der Waals surface area contributed by atoms with Crippen molar-refractivity contribution in [3.63, 3.8) is 0 Å². The number of amides is 1. The van der Waals surface area contributed by atoms with Gasteiger partial charge in [-0.1, -0.05) is 12.1 Å². The number of benzene rings is 2. The second kappa shape index (κ2) is 6.29. The van der Waals surface area contributed by atoms with Crippen LogP contribution in [0.4, 0.5) is 10.1 Å². The van der Waals surface area contributed by atoms with E-state index in [1.165, 1.54) is 28.8 Å². The van der Waals surface area contributed by atoms with Crippen molar-refractivity contribution in [1.82, 2.24) is 4.57 Å². The van der Waals surface area contributed by atoms with E-state index in [0.29, 0.717) is 22.4 Å². The molecule has 1 aromatic heterocycles.